The van der Waals surface area contributed by atoms with Crippen molar-refractivity contribution in [2.45, 2.75) is 40.7 Å². The smallest absolute Gasteiger partial charge is 0.160 e. The first-order valence-electron chi connectivity index (χ1n) is 7.23. The van der Waals surface area contributed by atoms with Gasteiger partial charge in [-0.2, -0.15) is 9.61 Å². The average molecular weight is 284 g/mol. The van der Waals surface area contributed by atoms with E-state index >= 15 is 0 Å². The summed E-state index contributed by atoms with van der Waals surface area (Å²) >= 11 is 0. The zero-order valence-corrected chi connectivity index (χ0v) is 12.9. The van der Waals surface area contributed by atoms with Crippen molar-refractivity contribution < 1.29 is 4.42 Å². The van der Waals surface area contributed by atoms with Gasteiger partial charge in [0.2, 0.25) is 0 Å². The van der Waals surface area contributed by atoms with Crippen molar-refractivity contribution in [2.75, 3.05) is 5.32 Å². The molecule has 0 unspecified atom stereocenters. The Morgan fingerprint density at radius 1 is 1.24 bits per heavy atom. The van der Waals surface area contributed by atoms with E-state index in [0.29, 0.717) is 6.54 Å². The minimum absolute atomic E-state index is 0.633. The number of aromatic nitrogens is 3. The molecule has 0 aromatic carbocycles. The van der Waals surface area contributed by atoms with Crippen LogP contribution in [0.4, 0.5) is 5.82 Å². The maximum Gasteiger partial charge on any atom is 0.160 e. The van der Waals surface area contributed by atoms with Gasteiger partial charge in [-0.25, -0.2) is 4.98 Å². The maximum atomic E-state index is 5.59. The molecule has 21 heavy (non-hydrogen) atoms. The predicted molar refractivity (Wildman–Crippen MR) is 82.6 cm³/mol. The van der Waals surface area contributed by atoms with Crippen molar-refractivity contribution in [2.24, 2.45) is 0 Å². The summed E-state index contributed by atoms with van der Waals surface area (Å²) in [4.78, 5) is 4.67. The van der Waals surface area contributed by atoms with Gasteiger partial charge in [-0.15, -0.1) is 0 Å². The molecule has 5 nitrogen and oxygen atoms in total. The largest absolute Gasteiger partial charge is 0.465 e. The van der Waals surface area contributed by atoms with Crippen molar-refractivity contribution in [3.8, 4) is 0 Å². The monoisotopic (exact) mass is 284 g/mol. The second-order valence-electron chi connectivity index (χ2n) is 5.30. The lowest BCUT2D eigenvalue weighted by molar-refractivity contribution is 0.490. The summed E-state index contributed by atoms with van der Waals surface area (Å²) in [5.74, 6) is 2.78. The minimum atomic E-state index is 0.633. The van der Waals surface area contributed by atoms with Crippen LogP contribution in [0.3, 0.4) is 0 Å². The van der Waals surface area contributed by atoms with Gasteiger partial charge in [0.1, 0.15) is 17.3 Å². The Morgan fingerprint density at radius 2 is 2.05 bits per heavy atom. The van der Waals surface area contributed by atoms with Gasteiger partial charge in [0.05, 0.1) is 12.2 Å². The second kappa shape index (κ2) is 5.24. The van der Waals surface area contributed by atoms with Crippen LogP contribution in [-0.4, -0.2) is 14.6 Å². The van der Waals surface area contributed by atoms with Crippen molar-refractivity contribution >= 4 is 11.5 Å². The van der Waals surface area contributed by atoms with Crippen LogP contribution in [0.25, 0.3) is 5.65 Å². The van der Waals surface area contributed by atoms with Gasteiger partial charge in [0, 0.05) is 17.3 Å². The van der Waals surface area contributed by atoms with E-state index in [1.165, 1.54) is 0 Å². The molecule has 3 aromatic rings. The van der Waals surface area contributed by atoms with Gasteiger partial charge < -0.3 is 9.73 Å². The standard InChI is InChI=1S/C16H20N4O/c1-5-13-8-15(17-9-14-7-6-10(2)21-14)20-16(18-13)11(3)12(4)19-20/h6-8,17H,5,9H2,1-4H3. The number of nitrogens with zero attached hydrogens (tertiary/aromatic N) is 3. The van der Waals surface area contributed by atoms with Gasteiger partial charge >= 0.3 is 0 Å². The number of hydrogen-bond donors (Lipinski definition) is 1. The van der Waals surface area contributed by atoms with E-state index in [1.807, 2.05) is 30.5 Å². The molecule has 110 valence electrons. The lowest BCUT2D eigenvalue weighted by atomic mass is 10.2. The van der Waals surface area contributed by atoms with Crippen LogP contribution < -0.4 is 5.32 Å². The van der Waals surface area contributed by atoms with Crippen molar-refractivity contribution in [1.82, 2.24) is 14.6 Å². The lowest BCUT2D eigenvalue weighted by Crippen LogP contribution is -2.07. The summed E-state index contributed by atoms with van der Waals surface area (Å²) in [6.07, 6.45) is 0.898. The third-order valence-electron chi connectivity index (χ3n) is 3.71. The molecule has 0 bridgehead atoms. The Labute approximate surface area is 124 Å². The highest BCUT2D eigenvalue weighted by molar-refractivity contribution is 5.56. The summed E-state index contributed by atoms with van der Waals surface area (Å²) in [5, 5.41) is 7.97. The highest BCUT2D eigenvalue weighted by atomic mass is 16.3. The SMILES string of the molecule is CCc1cc(NCc2ccc(C)o2)n2nc(C)c(C)c2n1. The van der Waals surface area contributed by atoms with Crippen LogP contribution in [0, 0.1) is 20.8 Å². The molecule has 3 aromatic heterocycles. The number of anilines is 1. The third kappa shape index (κ3) is 2.51. The summed E-state index contributed by atoms with van der Waals surface area (Å²) in [5.41, 5.74) is 4.11. The number of fused-ring (bicyclic) bond motifs is 1. The minimum Gasteiger partial charge on any atom is -0.465 e. The van der Waals surface area contributed by atoms with E-state index in [2.05, 4.69) is 35.3 Å². The quantitative estimate of drug-likeness (QED) is 0.797. The summed E-state index contributed by atoms with van der Waals surface area (Å²) in [6, 6.07) is 6.01. The van der Waals surface area contributed by atoms with Gasteiger partial charge in [-0.3, -0.25) is 0 Å². The Balaban J connectivity index is 1.98. The molecule has 0 saturated heterocycles. The van der Waals surface area contributed by atoms with Crippen LogP contribution in [0.5, 0.6) is 0 Å². The first-order chi connectivity index (χ1) is 10.1. The number of hydrogen-bond acceptors (Lipinski definition) is 4. The molecular weight excluding hydrogens is 264 g/mol. The average Bonchev–Trinajstić information content (AvgIpc) is 3.01. The molecular formula is C16H20N4O. The summed E-state index contributed by atoms with van der Waals surface area (Å²) in [6.45, 7) is 8.76. The van der Waals surface area contributed by atoms with E-state index in [-0.39, 0.29) is 0 Å². The van der Waals surface area contributed by atoms with E-state index < -0.39 is 0 Å². The fraction of sp³-hybridized carbons (Fsp3) is 0.375. The predicted octanol–water partition coefficient (Wildman–Crippen LogP) is 3.42. The fourth-order valence-corrected chi connectivity index (χ4v) is 2.34. The molecule has 3 rings (SSSR count). The molecule has 0 spiro atoms. The Bertz CT molecular complexity index is 785. The van der Waals surface area contributed by atoms with Crippen molar-refractivity contribution in [3.63, 3.8) is 0 Å². The molecule has 0 saturated carbocycles. The fourth-order valence-electron chi connectivity index (χ4n) is 2.34. The van der Waals surface area contributed by atoms with Crippen LogP contribution in [0.15, 0.2) is 22.6 Å². The van der Waals surface area contributed by atoms with Crippen LogP contribution in [-0.2, 0) is 13.0 Å². The number of furan rings is 1. The molecule has 0 radical (unpaired) electrons. The van der Waals surface area contributed by atoms with Crippen LogP contribution in [0.2, 0.25) is 0 Å². The number of nitrogens with one attached hydrogen (secondary N) is 1. The zero-order chi connectivity index (χ0) is 15.0. The van der Waals surface area contributed by atoms with E-state index in [1.54, 1.807) is 0 Å². The number of rotatable bonds is 4. The maximum absolute atomic E-state index is 5.59. The third-order valence-corrected chi connectivity index (χ3v) is 3.71. The number of aryl methyl sites for hydroxylation is 4. The van der Waals surface area contributed by atoms with Gasteiger partial charge in [0.25, 0.3) is 0 Å². The Morgan fingerprint density at radius 3 is 2.71 bits per heavy atom. The van der Waals surface area contributed by atoms with Gasteiger partial charge in [0.15, 0.2) is 5.65 Å². The summed E-state index contributed by atoms with van der Waals surface area (Å²) in [7, 11) is 0. The topological polar surface area (TPSA) is 55.4 Å². The highest BCUT2D eigenvalue weighted by Crippen LogP contribution is 2.19. The molecule has 0 fully saturated rings. The summed E-state index contributed by atoms with van der Waals surface area (Å²) < 4.78 is 7.47. The normalized spacial score (nSPS) is 11.2. The molecule has 0 amide bonds. The zero-order valence-electron chi connectivity index (χ0n) is 12.9. The first kappa shape index (κ1) is 13.7. The van der Waals surface area contributed by atoms with Gasteiger partial charge in [-0.1, -0.05) is 6.92 Å². The molecule has 1 N–H and O–H groups in total. The van der Waals surface area contributed by atoms with Crippen molar-refractivity contribution in [3.05, 3.63) is 46.7 Å². The molecule has 3 heterocycles. The van der Waals surface area contributed by atoms with E-state index in [9.17, 15) is 0 Å². The Hall–Kier alpha value is -2.30. The van der Waals surface area contributed by atoms with Crippen molar-refractivity contribution in [1.29, 1.82) is 0 Å². The van der Waals surface area contributed by atoms with Crippen LogP contribution in [0.1, 0.15) is 35.4 Å². The Kier molecular flexibility index (Phi) is 3.41. The van der Waals surface area contributed by atoms with E-state index in [4.69, 9.17) is 4.42 Å². The van der Waals surface area contributed by atoms with Crippen LogP contribution >= 0.6 is 0 Å². The van der Waals surface area contributed by atoms with Gasteiger partial charge in [-0.05, 0) is 39.3 Å². The van der Waals surface area contributed by atoms with E-state index in [0.717, 1.165) is 46.4 Å². The first-order valence-corrected chi connectivity index (χ1v) is 7.23. The second-order valence-corrected chi connectivity index (χ2v) is 5.30. The molecule has 0 aliphatic rings. The molecule has 5 heteroatoms. The molecule has 0 atom stereocenters. The molecule has 0 aliphatic carbocycles. The molecule has 0 aliphatic heterocycles. The highest BCUT2D eigenvalue weighted by Gasteiger charge is 2.12. The lowest BCUT2D eigenvalue weighted by Gasteiger charge is -2.09.